The Balaban J connectivity index is 1.58. The Hall–Kier alpha value is -3.47. The number of thiazole rings is 1. The van der Waals surface area contributed by atoms with Crippen LogP contribution in [0.4, 0.5) is 5.13 Å². The van der Waals surface area contributed by atoms with E-state index in [2.05, 4.69) is 29.7 Å². The first-order chi connectivity index (χ1) is 18.3. The molecule has 38 heavy (non-hydrogen) atoms. The number of nitrogens with two attached hydrogens (primary N) is 1. The molecule has 1 saturated heterocycles. The molecule has 3 aromatic rings. The van der Waals surface area contributed by atoms with E-state index in [1.54, 1.807) is 5.38 Å². The number of hydrogen-bond acceptors (Lipinski definition) is 13. The highest BCUT2D eigenvalue weighted by Crippen LogP contribution is 2.55. The highest BCUT2D eigenvalue weighted by Gasteiger charge is 2.56. The Labute approximate surface area is 232 Å². The van der Waals surface area contributed by atoms with Gasteiger partial charge >= 0.3 is 5.97 Å². The summed E-state index contributed by atoms with van der Waals surface area (Å²) in [7, 11) is 1.30. The van der Waals surface area contributed by atoms with Gasteiger partial charge in [0.05, 0.1) is 17.5 Å². The van der Waals surface area contributed by atoms with E-state index in [1.165, 1.54) is 47.1 Å². The van der Waals surface area contributed by atoms with Crippen LogP contribution >= 0.6 is 46.4 Å². The summed E-state index contributed by atoms with van der Waals surface area (Å²) in [5.41, 5.74) is 7.18. The summed E-state index contributed by atoms with van der Waals surface area (Å²) in [5.74, 6) is -1.64. The third-order valence-electron chi connectivity index (χ3n) is 5.61. The number of carbonyl (C=O) groups excluding carboxylic acids is 2. The second-order valence-electron chi connectivity index (χ2n) is 7.87. The third kappa shape index (κ3) is 4.87. The fourth-order valence-electron chi connectivity index (χ4n) is 3.99. The average Bonchev–Trinajstić information content (AvgIpc) is 3.56. The molecule has 2 aliphatic rings. The summed E-state index contributed by atoms with van der Waals surface area (Å²) in [4.78, 5) is 51.4. The first-order valence-electron chi connectivity index (χ1n) is 10.9. The van der Waals surface area contributed by atoms with Crippen molar-refractivity contribution in [2.45, 2.75) is 21.0 Å². The molecule has 4 N–H and O–H groups in total. The Bertz CT molecular complexity index is 1460. The van der Waals surface area contributed by atoms with E-state index in [-0.39, 0.29) is 34.5 Å². The Kier molecular flexibility index (Phi) is 7.38. The number of carboxylic acids is 1. The van der Waals surface area contributed by atoms with E-state index in [0.29, 0.717) is 15.9 Å². The number of thioether (sulfide) groups is 2. The molecule has 2 amide bonds. The van der Waals surface area contributed by atoms with Crippen LogP contribution in [0.1, 0.15) is 12.1 Å². The second kappa shape index (κ2) is 10.7. The maximum atomic E-state index is 12.9. The summed E-state index contributed by atoms with van der Waals surface area (Å²) in [6.07, 6.45) is 1.06. The van der Waals surface area contributed by atoms with Crippen LogP contribution in [-0.2, 0) is 24.1 Å². The fourth-order valence-corrected chi connectivity index (χ4v) is 8.13. The number of rotatable bonds is 9. The van der Waals surface area contributed by atoms with Crippen LogP contribution < -0.4 is 11.1 Å². The average molecular weight is 590 g/mol. The van der Waals surface area contributed by atoms with E-state index >= 15 is 0 Å². The van der Waals surface area contributed by atoms with Gasteiger partial charge < -0.3 is 21.0 Å². The van der Waals surface area contributed by atoms with Crippen molar-refractivity contribution in [2.24, 2.45) is 5.16 Å². The number of nitrogens with one attached hydrogen (secondary N) is 1. The molecule has 0 aliphatic carbocycles. The Morgan fingerprint density at radius 1 is 1.37 bits per heavy atom. The van der Waals surface area contributed by atoms with E-state index in [4.69, 9.17) is 5.73 Å². The number of fused-ring (bicyclic) bond motifs is 1. The first-order valence-corrected chi connectivity index (χ1v) is 14.4. The van der Waals surface area contributed by atoms with Gasteiger partial charge in [-0.15, -0.1) is 11.3 Å². The predicted molar refractivity (Wildman–Crippen MR) is 145 cm³/mol. The lowest BCUT2D eigenvalue weighted by Crippen LogP contribution is -2.61. The Morgan fingerprint density at radius 3 is 2.82 bits per heavy atom. The van der Waals surface area contributed by atoms with Gasteiger partial charge in [0.2, 0.25) is 5.91 Å². The number of anilines is 1. The number of amides is 2. The van der Waals surface area contributed by atoms with Crippen molar-refractivity contribution in [1.29, 1.82) is 0 Å². The van der Waals surface area contributed by atoms with Crippen molar-refractivity contribution in [2.75, 3.05) is 18.6 Å². The van der Waals surface area contributed by atoms with Crippen molar-refractivity contribution in [3.8, 4) is 11.4 Å². The van der Waals surface area contributed by atoms with Gasteiger partial charge in [-0.2, -0.15) is 4.37 Å². The molecular formula is C22H19N7O5S4. The topological polar surface area (TPSA) is 173 Å². The molecule has 2 aromatic heterocycles. The standard InChI is InChI=1S/C22H19N7O5S4/c1-34-24-8-14(30)27-22(13-10-35-20(23)25-13)12(17(19(32)33)29-15(31)7-16(29)37-22)9-36-21-26-18(28-38-21)11-5-3-2-4-6-11/h2-6,8,10,16H,7,9H2,1H3,(H2,23,25)(H,27,30)(H,32,33)/t16-,22?/m0/s1. The minimum atomic E-state index is -1.44. The summed E-state index contributed by atoms with van der Waals surface area (Å²) in [6, 6.07) is 9.45. The lowest BCUT2D eigenvalue weighted by molar-refractivity contribution is -0.146. The van der Waals surface area contributed by atoms with Gasteiger partial charge in [0.25, 0.3) is 5.91 Å². The van der Waals surface area contributed by atoms with Crippen molar-refractivity contribution in [3.63, 3.8) is 0 Å². The molecule has 2 atom stereocenters. The number of oxime groups is 1. The van der Waals surface area contributed by atoms with Gasteiger partial charge in [0.1, 0.15) is 19.0 Å². The van der Waals surface area contributed by atoms with E-state index < -0.39 is 22.1 Å². The highest BCUT2D eigenvalue weighted by molar-refractivity contribution is 8.02. The van der Waals surface area contributed by atoms with Crippen LogP contribution in [0.15, 0.2) is 56.5 Å². The number of carboxylic acid groups (broad SMARTS) is 1. The van der Waals surface area contributed by atoms with Gasteiger partial charge in [-0.1, -0.05) is 59.0 Å². The van der Waals surface area contributed by atoms with Gasteiger partial charge in [0, 0.05) is 22.3 Å². The molecule has 1 aromatic carbocycles. The number of carbonyl (C=O) groups is 3. The molecule has 196 valence electrons. The van der Waals surface area contributed by atoms with E-state index in [9.17, 15) is 19.5 Å². The lowest BCUT2D eigenvalue weighted by atomic mass is 9.98. The number of nitrogen functional groups attached to an aromatic ring is 1. The molecule has 0 saturated carbocycles. The molecule has 5 rings (SSSR count). The van der Waals surface area contributed by atoms with Gasteiger partial charge in [-0.3, -0.25) is 14.5 Å². The zero-order valence-electron chi connectivity index (χ0n) is 19.6. The van der Waals surface area contributed by atoms with Crippen molar-refractivity contribution in [1.82, 2.24) is 24.6 Å². The number of β-lactam (4-membered cyclic amide) rings is 1. The van der Waals surface area contributed by atoms with Crippen LogP contribution in [0.25, 0.3) is 11.4 Å². The predicted octanol–water partition coefficient (Wildman–Crippen LogP) is 2.58. The van der Waals surface area contributed by atoms with E-state index in [1.807, 2.05) is 30.3 Å². The SMILES string of the molecule is CON=CC(=O)NC1(c2csc(N)n2)S[C@H]2CC(=O)N2C(C(=O)O)=C1CSc1nc(-c2ccccc2)ns1. The molecule has 2 aliphatic heterocycles. The third-order valence-corrected chi connectivity index (χ3v) is 9.70. The molecule has 0 bridgehead atoms. The lowest BCUT2D eigenvalue weighted by Gasteiger charge is -2.51. The monoisotopic (exact) mass is 589 g/mol. The number of nitrogens with zero attached hydrogens (tertiary/aromatic N) is 5. The zero-order chi connectivity index (χ0) is 26.9. The number of aromatic nitrogens is 3. The van der Waals surface area contributed by atoms with Crippen molar-refractivity contribution in [3.05, 3.63) is 52.7 Å². The molecule has 1 fully saturated rings. The summed E-state index contributed by atoms with van der Waals surface area (Å²) >= 11 is 4.79. The molecule has 4 heterocycles. The largest absolute Gasteiger partial charge is 0.477 e. The molecule has 16 heteroatoms. The van der Waals surface area contributed by atoms with Crippen LogP contribution in [0, 0.1) is 0 Å². The fraction of sp³-hybridized carbons (Fsp3) is 0.227. The molecule has 1 unspecified atom stereocenters. The highest BCUT2D eigenvalue weighted by atomic mass is 32.2. The Morgan fingerprint density at radius 2 is 2.16 bits per heavy atom. The van der Waals surface area contributed by atoms with Crippen LogP contribution in [0.2, 0.25) is 0 Å². The minimum absolute atomic E-state index is 0.0632. The van der Waals surface area contributed by atoms with Crippen molar-refractivity contribution >= 4 is 75.5 Å². The van der Waals surface area contributed by atoms with Crippen LogP contribution in [0.5, 0.6) is 0 Å². The van der Waals surface area contributed by atoms with Gasteiger partial charge in [-0.25, -0.2) is 14.8 Å². The van der Waals surface area contributed by atoms with E-state index in [0.717, 1.165) is 23.1 Å². The molecule has 12 nitrogen and oxygen atoms in total. The summed E-state index contributed by atoms with van der Waals surface area (Å²) in [6.45, 7) is 0. The van der Waals surface area contributed by atoms with Crippen molar-refractivity contribution < 1.29 is 24.3 Å². The number of aliphatic carboxylic acids is 1. The minimum Gasteiger partial charge on any atom is -0.477 e. The van der Waals surface area contributed by atoms with Crippen LogP contribution in [-0.4, -0.2) is 66.6 Å². The second-order valence-corrected chi connectivity index (χ2v) is 12.1. The number of hydrogen-bond donors (Lipinski definition) is 3. The molecular weight excluding hydrogens is 571 g/mol. The zero-order valence-corrected chi connectivity index (χ0v) is 22.8. The summed E-state index contributed by atoms with van der Waals surface area (Å²) < 4.78 is 5.00. The van der Waals surface area contributed by atoms with Gasteiger partial charge in [0.15, 0.2) is 20.2 Å². The molecule has 0 spiro atoms. The van der Waals surface area contributed by atoms with Crippen LogP contribution in [0.3, 0.4) is 0 Å². The first kappa shape index (κ1) is 26.1. The maximum absolute atomic E-state index is 12.9. The normalized spacial score (nSPS) is 20.8. The summed E-state index contributed by atoms with van der Waals surface area (Å²) in [5, 5.41) is 18.0. The quantitative estimate of drug-likeness (QED) is 0.145. The number of benzene rings is 1. The smallest absolute Gasteiger partial charge is 0.352 e. The maximum Gasteiger partial charge on any atom is 0.352 e. The molecule has 0 radical (unpaired) electrons. The van der Waals surface area contributed by atoms with Gasteiger partial charge in [-0.05, 0) is 11.5 Å².